The third-order valence-electron chi connectivity index (χ3n) is 4.59. The Labute approximate surface area is 83.7 Å². The first-order valence-electron chi connectivity index (χ1n) is 5.84. The van der Waals surface area contributed by atoms with E-state index >= 15 is 0 Å². The van der Waals surface area contributed by atoms with Crippen molar-refractivity contribution in [3.05, 3.63) is 17.5 Å². The number of aromatic nitrogens is 1. The van der Waals surface area contributed by atoms with Gasteiger partial charge in [-0.15, -0.1) is 0 Å². The molecule has 4 aliphatic carbocycles. The summed E-state index contributed by atoms with van der Waals surface area (Å²) in [5.41, 5.74) is 2.78. The van der Waals surface area contributed by atoms with Crippen molar-refractivity contribution >= 4 is 0 Å². The fourth-order valence-corrected chi connectivity index (χ4v) is 4.20. The largest absolute Gasteiger partial charge is 0.364 e. The molecule has 4 atom stereocenters. The zero-order valence-corrected chi connectivity index (χ0v) is 8.28. The molecule has 4 bridgehead atoms. The Hall–Kier alpha value is -0.790. The van der Waals surface area contributed by atoms with Gasteiger partial charge in [0.2, 0.25) is 0 Å². The van der Waals surface area contributed by atoms with Crippen LogP contribution >= 0.6 is 0 Å². The van der Waals surface area contributed by atoms with E-state index in [0.717, 1.165) is 23.7 Å². The van der Waals surface area contributed by atoms with Crippen molar-refractivity contribution in [2.75, 3.05) is 0 Å². The molecule has 2 nitrogen and oxygen atoms in total. The lowest BCUT2D eigenvalue weighted by Gasteiger charge is -2.38. The Bertz CT molecular complexity index is 326. The highest BCUT2D eigenvalue weighted by molar-refractivity contribution is 5.28. The summed E-state index contributed by atoms with van der Waals surface area (Å²) < 4.78 is 5.16. The normalized spacial score (nSPS) is 43.7. The monoisotopic (exact) mass is 189 g/mol. The van der Waals surface area contributed by atoms with Gasteiger partial charge >= 0.3 is 0 Å². The second-order valence-corrected chi connectivity index (χ2v) is 5.46. The van der Waals surface area contributed by atoms with Crippen molar-refractivity contribution in [3.8, 4) is 0 Å². The van der Waals surface area contributed by atoms with E-state index in [2.05, 4.69) is 5.16 Å². The lowest BCUT2D eigenvalue weighted by molar-refractivity contribution is 0.161. The van der Waals surface area contributed by atoms with E-state index in [-0.39, 0.29) is 0 Å². The summed E-state index contributed by atoms with van der Waals surface area (Å²) in [6, 6.07) is 0. The summed E-state index contributed by atoms with van der Waals surface area (Å²) in [5, 5.41) is 4.24. The molecule has 74 valence electrons. The highest BCUT2D eigenvalue weighted by atomic mass is 16.5. The molecule has 2 unspecified atom stereocenters. The van der Waals surface area contributed by atoms with Gasteiger partial charge in [-0.1, -0.05) is 5.16 Å². The van der Waals surface area contributed by atoms with Gasteiger partial charge in [0.05, 0.1) is 5.69 Å². The van der Waals surface area contributed by atoms with Crippen molar-refractivity contribution in [3.63, 3.8) is 0 Å². The summed E-state index contributed by atoms with van der Waals surface area (Å²) >= 11 is 0. The Morgan fingerprint density at radius 1 is 1.00 bits per heavy atom. The zero-order valence-electron chi connectivity index (χ0n) is 8.28. The average molecular weight is 189 g/mol. The third kappa shape index (κ3) is 0.844. The first-order chi connectivity index (χ1) is 6.90. The standard InChI is InChI=1S/C12H15NO/c1-7-2-9-3-8(1)5-10(4-7)12-11(9)6-14-13-12/h6-10H,1-5H2/t7-,8+,9?,10?. The summed E-state index contributed by atoms with van der Waals surface area (Å²) in [6.07, 6.45) is 8.99. The lowest BCUT2D eigenvalue weighted by atomic mass is 9.67. The Kier molecular flexibility index (Phi) is 1.29. The first-order valence-corrected chi connectivity index (χ1v) is 5.84. The quantitative estimate of drug-likeness (QED) is 0.627. The second kappa shape index (κ2) is 2.41. The molecule has 0 amide bonds. The van der Waals surface area contributed by atoms with Gasteiger partial charge in [0.1, 0.15) is 6.26 Å². The Balaban J connectivity index is 1.90. The fraction of sp³-hybridized carbons (Fsp3) is 0.750. The van der Waals surface area contributed by atoms with E-state index in [1.165, 1.54) is 43.4 Å². The molecule has 1 heterocycles. The minimum Gasteiger partial charge on any atom is -0.364 e. The van der Waals surface area contributed by atoms with Crippen LogP contribution in [0.4, 0.5) is 0 Å². The van der Waals surface area contributed by atoms with E-state index in [4.69, 9.17) is 4.52 Å². The van der Waals surface area contributed by atoms with E-state index in [1.807, 2.05) is 6.26 Å². The van der Waals surface area contributed by atoms with Gasteiger partial charge in [-0.2, -0.15) is 0 Å². The van der Waals surface area contributed by atoms with Crippen molar-refractivity contribution in [2.24, 2.45) is 11.8 Å². The molecule has 0 spiro atoms. The molecule has 2 heteroatoms. The van der Waals surface area contributed by atoms with E-state index in [0.29, 0.717) is 0 Å². The van der Waals surface area contributed by atoms with Crippen LogP contribution in [0.1, 0.15) is 55.2 Å². The molecule has 2 fully saturated rings. The van der Waals surface area contributed by atoms with Crippen LogP contribution in [0.25, 0.3) is 0 Å². The van der Waals surface area contributed by atoms with Gasteiger partial charge in [-0.05, 0) is 49.9 Å². The number of hydrogen-bond acceptors (Lipinski definition) is 2. The first kappa shape index (κ1) is 7.49. The van der Waals surface area contributed by atoms with Crippen LogP contribution in [0.15, 0.2) is 10.8 Å². The van der Waals surface area contributed by atoms with Crippen molar-refractivity contribution in [1.29, 1.82) is 0 Å². The Morgan fingerprint density at radius 3 is 2.50 bits per heavy atom. The van der Waals surface area contributed by atoms with Crippen LogP contribution in [0.3, 0.4) is 0 Å². The molecule has 0 N–H and O–H groups in total. The molecule has 1 aromatic rings. The topological polar surface area (TPSA) is 26.0 Å². The van der Waals surface area contributed by atoms with Crippen LogP contribution in [-0.2, 0) is 0 Å². The molecule has 4 aliphatic rings. The predicted octanol–water partition coefficient (Wildman–Crippen LogP) is 3.07. The molecule has 0 saturated heterocycles. The van der Waals surface area contributed by atoms with E-state index < -0.39 is 0 Å². The zero-order chi connectivity index (χ0) is 9.12. The van der Waals surface area contributed by atoms with Gasteiger partial charge in [0, 0.05) is 11.5 Å². The molecule has 0 aliphatic heterocycles. The highest BCUT2D eigenvalue weighted by Gasteiger charge is 2.43. The van der Waals surface area contributed by atoms with E-state index in [9.17, 15) is 0 Å². The predicted molar refractivity (Wildman–Crippen MR) is 52.1 cm³/mol. The number of rotatable bonds is 0. The highest BCUT2D eigenvalue weighted by Crippen LogP contribution is 2.55. The summed E-state index contributed by atoms with van der Waals surface area (Å²) in [4.78, 5) is 0. The lowest BCUT2D eigenvalue weighted by Crippen LogP contribution is -2.25. The minimum atomic E-state index is 0.736. The second-order valence-electron chi connectivity index (χ2n) is 5.46. The summed E-state index contributed by atoms with van der Waals surface area (Å²) in [7, 11) is 0. The summed E-state index contributed by atoms with van der Waals surface area (Å²) in [5.74, 6) is 3.51. The number of hydrogen-bond donors (Lipinski definition) is 0. The average Bonchev–Trinajstić information content (AvgIpc) is 2.58. The van der Waals surface area contributed by atoms with Gasteiger partial charge in [-0.3, -0.25) is 0 Å². The molecule has 2 saturated carbocycles. The molecule has 0 aromatic carbocycles. The van der Waals surface area contributed by atoms with Crippen molar-refractivity contribution < 1.29 is 4.52 Å². The SMILES string of the molecule is c1onc2c1C1C[C@@H]3CC2C[C@H](C1)C3. The number of nitrogens with zero attached hydrogens (tertiary/aromatic N) is 1. The van der Waals surface area contributed by atoms with Crippen molar-refractivity contribution in [2.45, 2.75) is 43.9 Å². The van der Waals surface area contributed by atoms with E-state index in [1.54, 1.807) is 0 Å². The van der Waals surface area contributed by atoms with Gasteiger partial charge in [0.25, 0.3) is 0 Å². The molecular weight excluding hydrogens is 174 g/mol. The molecule has 0 radical (unpaired) electrons. The van der Waals surface area contributed by atoms with Gasteiger partial charge in [0.15, 0.2) is 0 Å². The maximum atomic E-state index is 5.16. The van der Waals surface area contributed by atoms with Gasteiger partial charge in [-0.25, -0.2) is 0 Å². The Morgan fingerprint density at radius 2 is 1.71 bits per heavy atom. The molecule has 1 aromatic heterocycles. The molecular formula is C12H15NO. The maximum Gasteiger partial charge on any atom is 0.127 e. The molecule has 5 rings (SSSR count). The van der Waals surface area contributed by atoms with Crippen LogP contribution in [0.2, 0.25) is 0 Å². The minimum absolute atomic E-state index is 0.736. The maximum absolute atomic E-state index is 5.16. The van der Waals surface area contributed by atoms with Crippen LogP contribution in [0, 0.1) is 11.8 Å². The third-order valence-corrected chi connectivity index (χ3v) is 4.59. The summed E-state index contributed by atoms with van der Waals surface area (Å²) in [6.45, 7) is 0. The van der Waals surface area contributed by atoms with Gasteiger partial charge < -0.3 is 4.52 Å². The fourth-order valence-electron chi connectivity index (χ4n) is 4.20. The van der Waals surface area contributed by atoms with Crippen molar-refractivity contribution in [1.82, 2.24) is 5.16 Å². The molecule has 14 heavy (non-hydrogen) atoms. The van der Waals surface area contributed by atoms with Crippen LogP contribution in [0.5, 0.6) is 0 Å². The smallest absolute Gasteiger partial charge is 0.127 e. The van der Waals surface area contributed by atoms with Crippen LogP contribution in [-0.4, -0.2) is 5.16 Å². The van der Waals surface area contributed by atoms with Crippen LogP contribution < -0.4 is 0 Å².